The second kappa shape index (κ2) is 10.6. The van der Waals surface area contributed by atoms with E-state index in [0.29, 0.717) is 24.4 Å². The van der Waals surface area contributed by atoms with Gasteiger partial charge in [-0.3, -0.25) is 19.5 Å². The third kappa shape index (κ3) is 5.52. The molecule has 0 aliphatic carbocycles. The van der Waals surface area contributed by atoms with Crippen molar-refractivity contribution >= 4 is 28.4 Å². The minimum Gasteiger partial charge on any atom is -0.376 e. The molecule has 184 valence electrons. The highest BCUT2D eigenvalue weighted by atomic mass is 19.1. The molecule has 0 bridgehead atoms. The number of aromatic nitrogens is 5. The first-order valence-electron chi connectivity index (χ1n) is 11.6. The van der Waals surface area contributed by atoms with E-state index in [0.717, 1.165) is 28.5 Å². The van der Waals surface area contributed by atoms with Crippen LogP contribution in [0.5, 0.6) is 0 Å². The number of hydrogen-bond acceptors (Lipinski definition) is 7. The van der Waals surface area contributed by atoms with Crippen LogP contribution in [-0.2, 0) is 20.9 Å². The summed E-state index contributed by atoms with van der Waals surface area (Å²) in [4.78, 5) is 33.0. The molecule has 0 radical (unpaired) electrons. The predicted octanol–water partition coefficient (Wildman–Crippen LogP) is 2.36. The number of anilines is 1. The number of fused-ring (bicyclic) bond motifs is 1. The first-order chi connectivity index (χ1) is 17.5. The van der Waals surface area contributed by atoms with Crippen molar-refractivity contribution in [2.45, 2.75) is 25.5 Å². The van der Waals surface area contributed by atoms with E-state index in [2.05, 4.69) is 25.7 Å². The summed E-state index contributed by atoms with van der Waals surface area (Å²) in [5.74, 6) is -0.845. The molecule has 2 aromatic carbocycles. The summed E-state index contributed by atoms with van der Waals surface area (Å²) in [6, 6.07) is 15.0. The lowest BCUT2D eigenvalue weighted by Crippen LogP contribution is -2.44. The van der Waals surface area contributed by atoms with Gasteiger partial charge in [-0.2, -0.15) is 4.80 Å². The predicted molar refractivity (Wildman–Crippen MR) is 129 cm³/mol. The molecule has 10 nitrogen and oxygen atoms in total. The molecule has 4 aromatic rings. The number of carbonyl (C=O) groups is 2. The van der Waals surface area contributed by atoms with Crippen LogP contribution in [0.2, 0.25) is 0 Å². The van der Waals surface area contributed by atoms with Crippen molar-refractivity contribution in [1.29, 1.82) is 0 Å². The van der Waals surface area contributed by atoms with E-state index in [-0.39, 0.29) is 36.7 Å². The van der Waals surface area contributed by atoms with Crippen LogP contribution < -0.4 is 10.2 Å². The summed E-state index contributed by atoms with van der Waals surface area (Å²) in [5.41, 5.74) is 1.82. The van der Waals surface area contributed by atoms with Gasteiger partial charge in [-0.05, 0) is 54.5 Å². The van der Waals surface area contributed by atoms with Gasteiger partial charge in [0.05, 0.1) is 23.5 Å². The Labute approximate surface area is 206 Å². The van der Waals surface area contributed by atoms with Gasteiger partial charge in [0.25, 0.3) is 5.91 Å². The highest BCUT2D eigenvalue weighted by molar-refractivity contribution is 5.99. The molecule has 1 saturated heterocycles. The summed E-state index contributed by atoms with van der Waals surface area (Å²) >= 11 is 0. The van der Waals surface area contributed by atoms with E-state index in [9.17, 15) is 14.0 Å². The lowest BCUT2D eigenvalue weighted by molar-refractivity contribution is -0.124. The zero-order valence-corrected chi connectivity index (χ0v) is 19.4. The Morgan fingerprint density at radius 2 is 2.00 bits per heavy atom. The molecule has 1 aliphatic rings. The van der Waals surface area contributed by atoms with Crippen molar-refractivity contribution in [2.75, 3.05) is 24.6 Å². The van der Waals surface area contributed by atoms with Crippen molar-refractivity contribution in [3.63, 3.8) is 0 Å². The lowest BCUT2D eigenvalue weighted by Gasteiger charge is -2.22. The summed E-state index contributed by atoms with van der Waals surface area (Å²) in [7, 11) is 0. The Balaban J connectivity index is 1.34. The van der Waals surface area contributed by atoms with Crippen molar-refractivity contribution in [1.82, 2.24) is 30.5 Å². The van der Waals surface area contributed by atoms with E-state index >= 15 is 0 Å². The SMILES string of the molecule is O=C(CN(C(=O)Cn1nnc(-c2ccc(F)cc2)n1)c1cnc2ccccc2c1)NC[C@H]1CCCO1. The molecule has 1 fully saturated rings. The second-order valence-electron chi connectivity index (χ2n) is 8.46. The Bertz CT molecular complexity index is 1370. The highest BCUT2D eigenvalue weighted by Crippen LogP contribution is 2.21. The number of hydrogen-bond donors (Lipinski definition) is 1. The third-order valence-corrected chi connectivity index (χ3v) is 5.87. The Hall–Kier alpha value is -4.25. The van der Waals surface area contributed by atoms with Gasteiger partial charge in [-0.15, -0.1) is 10.2 Å². The maximum atomic E-state index is 13.4. The van der Waals surface area contributed by atoms with E-state index in [1.165, 1.54) is 29.2 Å². The number of ether oxygens (including phenoxy) is 1. The molecular formula is C25H24FN7O3. The number of carbonyl (C=O) groups excluding carboxylic acids is 2. The number of halogens is 1. The molecular weight excluding hydrogens is 465 g/mol. The van der Waals surface area contributed by atoms with E-state index in [4.69, 9.17) is 4.74 Å². The molecule has 0 unspecified atom stereocenters. The van der Waals surface area contributed by atoms with E-state index < -0.39 is 5.91 Å². The number of nitrogens with one attached hydrogen (secondary N) is 1. The molecule has 11 heteroatoms. The van der Waals surface area contributed by atoms with Crippen molar-refractivity contribution in [2.24, 2.45) is 0 Å². The summed E-state index contributed by atoms with van der Waals surface area (Å²) < 4.78 is 18.8. The van der Waals surface area contributed by atoms with Gasteiger partial charge in [0.15, 0.2) is 0 Å². The molecule has 0 spiro atoms. The van der Waals surface area contributed by atoms with Gasteiger partial charge >= 0.3 is 0 Å². The van der Waals surface area contributed by atoms with Gasteiger partial charge in [-0.1, -0.05) is 18.2 Å². The van der Waals surface area contributed by atoms with Crippen LogP contribution >= 0.6 is 0 Å². The highest BCUT2D eigenvalue weighted by Gasteiger charge is 2.23. The normalized spacial score (nSPS) is 15.2. The van der Waals surface area contributed by atoms with Crippen LogP contribution in [0.1, 0.15) is 12.8 Å². The molecule has 3 heterocycles. The van der Waals surface area contributed by atoms with E-state index in [1.54, 1.807) is 6.20 Å². The van der Waals surface area contributed by atoms with Crippen LogP contribution in [0.4, 0.5) is 10.1 Å². The minimum atomic E-state index is -0.414. The fourth-order valence-electron chi connectivity index (χ4n) is 3.99. The van der Waals surface area contributed by atoms with Crippen LogP contribution in [-0.4, -0.2) is 62.8 Å². The summed E-state index contributed by atoms with van der Waals surface area (Å²) in [6.45, 7) is 0.631. The van der Waals surface area contributed by atoms with Gasteiger partial charge in [0.2, 0.25) is 11.7 Å². The van der Waals surface area contributed by atoms with Crippen LogP contribution in [0.3, 0.4) is 0 Å². The first kappa shape index (κ1) is 23.5. The maximum Gasteiger partial charge on any atom is 0.251 e. The zero-order chi connectivity index (χ0) is 24.9. The molecule has 1 atom stereocenters. The van der Waals surface area contributed by atoms with Gasteiger partial charge in [0, 0.05) is 24.1 Å². The van der Waals surface area contributed by atoms with Crippen LogP contribution in [0, 0.1) is 5.82 Å². The largest absolute Gasteiger partial charge is 0.376 e. The molecule has 0 saturated carbocycles. The Morgan fingerprint density at radius 3 is 2.81 bits per heavy atom. The minimum absolute atomic E-state index is 0.00957. The number of para-hydroxylation sites is 1. The number of pyridine rings is 1. The molecule has 5 rings (SSSR count). The zero-order valence-electron chi connectivity index (χ0n) is 19.4. The van der Waals surface area contributed by atoms with Gasteiger partial charge in [-0.25, -0.2) is 4.39 Å². The quantitative estimate of drug-likeness (QED) is 0.404. The van der Waals surface area contributed by atoms with E-state index in [1.807, 2.05) is 30.3 Å². The lowest BCUT2D eigenvalue weighted by atomic mass is 10.2. The van der Waals surface area contributed by atoms with Crippen LogP contribution in [0.15, 0.2) is 60.8 Å². The Kier molecular flexibility index (Phi) is 6.89. The molecule has 2 amide bonds. The third-order valence-electron chi connectivity index (χ3n) is 5.87. The number of rotatable bonds is 8. The molecule has 1 aliphatic heterocycles. The van der Waals surface area contributed by atoms with Gasteiger partial charge < -0.3 is 10.1 Å². The number of amides is 2. The monoisotopic (exact) mass is 489 g/mol. The molecule has 2 aromatic heterocycles. The number of benzene rings is 2. The topological polar surface area (TPSA) is 115 Å². The first-order valence-corrected chi connectivity index (χ1v) is 11.6. The van der Waals surface area contributed by atoms with Crippen molar-refractivity contribution in [3.05, 3.63) is 66.6 Å². The summed E-state index contributed by atoms with van der Waals surface area (Å²) in [6.07, 6.45) is 3.42. The average molecular weight is 490 g/mol. The number of nitrogens with zero attached hydrogens (tertiary/aromatic N) is 6. The van der Waals surface area contributed by atoms with Crippen LogP contribution in [0.25, 0.3) is 22.3 Å². The fourth-order valence-corrected chi connectivity index (χ4v) is 3.99. The molecule has 1 N–H and O–H groups in total. The van der Waals surface area contributed by atoms with Crippen molar-refractivity contribution < 1.29 is 18.7 Å². The van der Waals surface area contributed by atoms with Gasteiger partial charge in [0.1, 0.15) is 18.9 Å². The fraction of sp³-hybridized carbons (Fsp3) is 0.280. The Morgan fingerprint density at radius 1 is 1.17 bits per heavy atom. The average Bonchev–Trinajstić information content (AvgIpc) is 3.59. The smallest absolute Gasteiger partial charge is 0.251 e. The summed E-state index contributed by atoms with van der Waals surface area (Å²) in [5, 5.41) is 15.8. The molecule has 36 heavy (non-hydrogen) atoms. The standard InChI is InChI=1S/C25H24FN7O3/c26-19-9-7-17(8-10-19)25-29-31-33(30-25)16-24(35)32(15-23(34)28-14-21-5-3-11-36-21)20-12-18-4-1-2-6-22(18)27-13-20/h1-2,4,6-10,12-13,21H,3,5,11,14-16H2,(H,28,34)/t21-/m1/s1. The maximum absolute atomic E-state index is 13.4. The van der Waals surface area contributed by atoms with Crippen molar-refractivity contribution in [3.8, 4) is 11.4 Å². The second-order valence-corrected chi connectivity index (χ2v) is 8.46. The number of tetrazole rings is 1.